The van der Waals surface area contributed by atoms with Gasteiger partial charge in [-0.3, -0.25) is 4.79 Å². The number of furan rings is 1. The van der Waals surface area contributed by atoms with Crippen LogP contribution >= 0.6 is 20.3 Å². The van der Waals surface area contributed by atoms with Gasteiger partial charge in [-0.1, -0.05) is 12.2 Å². The fourth-order valence-electron chi connectivity index (χ4n) is 2.52. The molecule has 0 amide bonds. The van der Waals surface area contributed by atoms with Gasteiger partial charge in [0.1, 0.15) is 11.2 Å². The summed E-state index contributed by atoms with van der Waals surface area (Å²) in [4.78, 5) is 21.4. The number of nitrogens with zero attached hydrogens (tertiary/aromatic N) is 4. The molecule has 1 unspecified atom stereocenters. The molecule has 0 fully saturated rings. The Morgan fingerprint density at radius 3 is 2.91 bits per heavy atom. The molecule has 0 radical (unpaired) electrons. The van der Waals surface area contributed by atoms with Crippen molar-refractivity contribution in [1.82, 2.24) is 18.7 Å². The molecule has 0 aromatic carbocycles. The lowest BCUT2D eigenvalue weighted by Crippen LogP contribution is -2.16. The van der Waals surface area contributed by atoms with Gasteiger partial charge < -0.3 is 8.75 Å². The zero-order valence-corrected chi connectivity index (χ0v) is 12.8. The Balaban J connectivity index is 1.93. The van der Waals surface area contributed by atoms with Gasteiger partial charge in [0.25, 0.3) is 0 Å². The molecule has 108 valence electrons. The fourth-order valence-corrected chi connectivity index (χ4v) is 3.82. The van der Waals surface area contributed by atoms with Crippen molar-refractivity contribution in [2.45, 2.75) is 5.66 Å². The van der Waals surface area contributed by atoms with E-state index in [1.807, 2.05) is 12.3 Å². The third kappa shape index (κ3) is 1.62. The summed E-state index contributed by atoms with van der Waals surface area (Å²) in [6.07, 6.45) is 7.69. The van der Waals surface area contributed by atoms with Crippen molar-refractivity contribution in [3.63, 3.8) is 0 Å². The van der Waals surface area contributed by atoms with Gasteiger partial charge in [0, 0.05) is 17.9 Å². The highest BCUT2D eigenvalue weighted by molar-refractivity contribution is 7.38. The van der Waals surface area contributed by atoms with Crippen LogP contribution in [0.4, 0.5) is 0 Å². The van der Waals surface area contributed by atoms with Gasteiger partial charge in [0.2, 0.25) is 10.9 Å². The predicted molar refractivity (Wildman–Crippen MR) is 86.2 cm³/mol. The molecule has 8 heteroatoms. The molecule has 0 saturated carbocycles. The molecular formula is C14H8ClN4O2P. The Labute approximate surface area is 129 Å². The number of hydrogen-bond donors (Lipinski definition) is 0. The molecule has 6 nitrogen and oxygen atoms in total. The average Bonchev–Trinajstić information content (AvgIpc) is 3.03. The second-order valence-electron chi connectivity index (χ2n) is 5.05. The molecule has 0 spiro atoms. The fraction of sp³-hybridized carbons (Fsp3) is 0.0714. The first-order valence-corrected chi connectivity index (χ1v) is 8.04. The molecule has 4 aromatic rings. The summed E-state index contributed by atoms with van der Waals surface area (Å²) in [6, 6.07) is 3.59. The van der Waals surface area contributed by atoms with Crippen LogP contribution in [0.3, 0.4) is 0 Å². The van der Waals surface area contributed by atoms with Gasteiger partial charge in [-0.15, -0.1) is 0 Å². The van der Waals surface area contributed by atoms with Crippen LogP contribution in [0.25, 0.3) is 27.8 Å². The summed E-state index contributed by atoms with van der Waals surface area (Å²) in [5.41, 5.74) is 2.10. The summed E-state index contributed by atoms with van der Waals surface area (Å²) in [5, 5.41) is 0.893. The molecule has 0 saturated heterocycles. The van der Waals surface area contributed by atoms with E-state index in [9.17, 15) is 4.79 Å². The van der Waals surface area contributed by atoms with E-state index in [1.54, 1.807) is 6.07 Å². The van der Waals surface area contributed by atoms with Crippen molar-refractivity contribution < 1.29 is 4.42 Å². The minimum absolute atomic E-state index is 0.0896. The highest BCUT2D eigenvalue weighted by Gasteiger charge is 2.19. The van der Waals surface area contributed by atoms with Crippen molar-refractivity contribution in [2.24, 2.45) is 0 Å². The standard InChI is InChI=1S/C14H8ClN4O2P/c15-14-17-11-8(3-5-18(11)22-7-1-2-7)12-16-9-4-6-21-10(9)13(20)19(12)14/h1-7,22H. The van der Waals surface area contributed by atoms with E-state index >= 15 is 0 Å². The number of halogens is 1. The first-order chi connectivity index (χ1) is 10.7. The number of fused-ring (bicyclic) bond motifs is 4. The smallest absolute Gasteiger partial charge is 0.303 e. The SMILES string of the molecule is O=c1c2occc2nc2c3ccn(PC4C=C4)c3nc(Cl)n12. The van der Waals surface area contributed by atoms with Crippen molar-refractivity contribution in [2.75, 3.05) is 0 Å². The van der Waals surface area contributed by atoms with E-state index in [0.717, 1.165) is 11.0 Å². The molecule has 22 heavy (non-hydrogen) atoms. The Morgan fingerprint density at radius 2 is 2.09 bits per heavy atom. The molecule has 4 heterocycles. The monoisotopic (exact) mass is 330 g/mol. The van der Waals surface area contributed by atoms with Gasteiger partial charge in [-0.05, 0) is 26.4 Å². The summed E-state index contributed by atoms with van der Waals surface area (Å²) in [6.45, 7) is 0. The lowest BCUT2D eigenvalue weighted by Gasteiger charge is -2.06. The minimum atomic E-state index is -0.344. The largest absolute Gasteiger partial charge is 0.457 e. The molecule has 4 aromatic heterocycles. The zero-order chi connectivity index (χ0) is 14.8. The number of hydrogen-bond acceptors (Lipinski definition) is 4. The molecule has 1 atom stereocenters. The molecule has 5 rings (SSSR count). The van der Waals surface area contributed by atoms with Gasteiger partial charge in [0.15, 0.2) is 5.65 Å². The van der Waals surface area contributed by atoms with Gasteiger partial charge >= 0.3 is 5.56 Å². The lowest BCUT2D eigenvalue weighted by molar-refractivity contribution is 0.608. The van der Waals surface area contributed by atoms with Crippen LogP contribution < -0.4 is 5.56 Å². The van der Waals surface area contributed by atoms with Crippen LogP contribution in [-0.2, 0) is 0 Å². The second kappa shape index (κ2) is 4.18. The maximum absolute atomic E-state index is 12.5. The van der Waals surface area contributed by atoms with Crippen LogP contribution in [0.15, 0.2) is 46.0 Å². The maximum Gasteiger partial charge on any atom is 0.303 e. The Bertz CT molecular complexity index is 1150. The first-order valence-electron chi connectivity index (χ1n) is 6.64. The normalized spacial score (nSPS) is 15.1. The second-order valence-corrected chi connectivity index (χ2v) is 6.80. The van der Waals surface area contributed by atoms with Gasteiger partial charge in [0.05, 0.1) is 11.6 Å². The lowest BCUT2D eigenvalue weighted by atomic mass is 10.3. The van der Waals surface area contributed by atoms with Crippen LogP contribution in [0.5, 0.6) is 0 Å². The maximum atomic E-state index is 12.5. The molecule has 1 aliphatic carbocycles. The van der Waals surface area contributed by atoms with Crippen LogP contribution in [0.2, 0.25) is 5.28 Å². The molecule has 0 bridgehead atoms. The van der Waals surface area contributed by atoms with E-state index in [-0.39, 0.29) is 16.4 Å². The van der Waals surface area contributed by atoms with Crippen molar-refractivity contribution in [3.8, 4) is 0 Å². The number of rotatable bonds is 2. The van der Waals surface area contributed by atoms with E-state index in [0.29, 0.717) is 25.6 Å². The quantitative estimate of drug-likeness (QED) is 0.322. The van der Waals surface area contributed by atoms with Crippen LogP contribution in [0.1, 0.15) is 0 Å². The van der Waals surface area contributed by atoms with Crippen molar-refractivity contribution in [3.05, 3.63) is 52.4 Å². The molecule has 0 aliphatic heterocycles. The summed E-state index contributed by atoms with van der Waals surface area (Å²) in [7, 11) is 0.553. The van der Waals surface area contributed by atoms with E-state index in [4.69, 9.17) is 16.0 Å². The van der Waals surface area contributed by atoms with E-state index in [1.165, 1.54) is 10.7 Å². The highest BCUT2D eigenvalue weighted by Crippen LogP contribution is 2.35. The summed E-state index contributed by atoms with van der Waals surface area (Å²) >= 11 is 6.23. The van der Waals surface area contributed by atoms with Crippen LogP contribution in [-0.4, -0.2) is 24.4 Å². The van der Waals surface area contributed by atoms with E-state index < -0.39 is 0 Å². The first kappa shape index (κ1) is 12.4. The number of aromatic nitrogens is 4. The predicted octanol–water partition coefficient (Wildman–Crippen LogP) is 2.82. The highest BCUT2D eigenvalue weighted by atomic mass is 35.5. The Kier molecular flexibility index (Phi) is 2.35. The molecular weight excluding hydrogens is 323 g/mol. The third-order valence-corrected chi connectivity index (χ3v) is 5.21. The molecule has 0 N–H and O–H groups in total. The third-order valence-electron chi connectivity index (χ3n) is 3.64. The average molecular weight is 331 g/mol. The summed E-state index contributed by atoms with van der Waals surface area (Å²) in [5.74, 6) is 0. The number of allylic oxidation sites excluding steroid dienone is 2. The van der Waals surface area contributed by atoms with Crippen molar-refractivity contribution >= 4 is 48.1 Å². The topological polar surface area (TPSA) is 65.3 Å². The van der Waals surface area contributed by atoms with E-state index in [2.05, 4.69) is 26.5 Å². The van der Waals surface area contributed by atoms with Crippen molar-refractivity contribution in [1.29, 1.82) is 0 Å². The Morgan fingerprint density at radius 1 is 1.23 bits per heavy atom. The van der Waals surface area contributed by atoms with Gasteiger partial charge in [-0.25, -0.2) is 14.4 Å². The Hall–Kier alpha value is -2.17. The zero-order valence-electron chi connectivity index (χ0n) is 11.0. The molecule has 1 aliphatic rings. The summed E-state index contributed by atoms with van der Waals surface area (Å²) < 4.78 is 8.54. The van der Waals surface area contributed by atoms with Crippen LogP contribution in [0, 0.1) is 0 Å². The minimum Gasteiger partial charge on any atom is -0.457 e. The van der Waals surface area contributed by atoms with Gasteiger partial charge in [-0.2, -0.15) is 0 Å².